The van der Waals surface area contributed by atoms with Crippen LogP contribution in [0.4, 0.5) is 0 Å². The van der Waals surface area contributed by atoms with E-state index in [0.29, 0.717) is 5.91 Å². The summed E-state index contributed by atoms with van der Waals surface area (Å²) in [6, 6.07) is 0. The topological polar surface area (TPSA) is 44.8 Å². The van der Waals surface area contributed by atoms with Gasteiger partial charge in [0.2, 0.25) is 5.91 Å². The number of hydrogen-bond acceptors (Lipinski definition) is 4. The average Bonchev–Trinajstić information content (AvgIpc) is 3.06. The Morgan fingerprint density at radius 3 is 2.48 bits per heavy atom. The fourth-order valence-electron chi connectivity index (χ4n) is 3.64. The van der Waals surface area contributed by atoms with Crippen LogP contribution in [0.1, 0.15) is 46.0 Å². The molecule has 1 N–H and O–H groups in total. The Balaban J connectivity index is 0.00000288. The standard InChI is InChI=1S/C18H35N3O2.2ClH/c1-3-20(4-2)13-14-23-17-9-12-21(15-17)18(22)6-5-16-7-10-19-11-8-16;;/h16-17,19H,3-15H2,1-2H3;2*1H. The minimum Gasteiger partial charge on any atom is -0.375 e. The second-order valence-corrected chi connectivity index (χ2v) is 6.88. The maximum atomic E-state index is 12.4. The van der Waals surface area contributed by atoms with Crippen molar-refractivity contribution in [1.82, 2.24) is 15.1 Å². The maximum Gasteiger partial charge on any atom is 0.222 e. The summed E-state index contributed by atoms with van der Waals surface area (Å²) < 4.78 is 5.97. The Hall–Kier alpha value is -0.0700. The van der Waals surface area contributed by atoms with Crippen LogP contribution in [0.15, 0.2) is 0 Å². The third-order valence-electron chi connectivity index (χ3n) is 5.38. The zero-order chi connectivity index (χ0) is 16.5. The summed E-state index contributed by atoms with van der Waals surface area (Å²) in [5.41, 5.74) is 0. The highest BCUT2D eigenvalue weighted by Gasteiger charge is 2.27. The van der Waals surface area contributed by atoms with Gasteiger partial charge in [-0.2, -0.15) is 0 Å². The van der Waals surface area contributed by atoms with Crippen LogP contribution >= 0.6 is 24.8 Å². The molecule has 1 atom stereocenters. The maximum absolute atomic E-state index is 12.4. The van der Waals surface area contributed by atoms with Crippen LogP contribution in [0.25, 0.3) is 0 Å². The molecule has 0 saturated carbocycles. The molecule has 5 nitrogen and oxygen atoms in total. The van der Waals surface area contributed by atoms with E-state index in [2.05, 4.69) is 24.1 Å². The van der Waals surface area contributed by atoms with Gasteiger partial charge in [-0.15, -0.1) is 24.8 Å². The van der Waals surface area contributed by atoms with Crippen molar-refractivity contribution >= 4 is 30.7 Å². The fraction of sp³-hybridized carbons (Fsp3) is 0.944. The number of amides is 1. The molecule has 0 spiro atoms. The predicted octanol–water partition coefficient (Wildman–Crippen LogP) is 2.57. The van der Waals surface area contributed by atoms with Crippen molar-refractivity contribution in [1.29, 1.82) is 0 Å². The molecule has 2 heterocycles. The molecule has 2 rings (SSSR count). The van der Waals surface area contributed by atoms with E-state index < -0.39 is 0 Å². The van der Waals surface area contributed by atoms with Gasteiger partial charge in [0.05, 0.1) is 12.7 Å². The first-order valence-corrected chi connectivity index (χ1v) is 9.55. The SMILES string of the molecule is CCN(CC)CCOC1CCN(C(=O)CCC2CCNCC2)C1.Cl.Cl. The molecule has 2 aliphatic rings. The van der Waals surface area contributed by atoms with Crippen molar-refractivity contribution in [3.05, 3.63) is 0 Å². The molecule has 1 unspecified atom stereocenters. The van der Waals surface area contributed by atoms with Crippen molar-refractivity contribution in [2.75, 3.05) is 52.4 Å². The first-order chi connectivity index (χ1) is 11.2. The molecular formula is C18H37Cl2N3O2. The quantitative estimate of drug-likeness (QED) is 0.649. The van der Waals surface area contributed by atoms with Gasteiger partial charge in [-0.05, 0) is 57.8 Å². The zero-order valence-electron chi connectivity index (χ0n) is 15.9. The van der Waals surface area contributed by atoms with Crippen LogP contribution in [-0.4, -0.2) is 74.2 Å². The molecule has 2 fully saturated rings. The van der Waals surface area contributed by atoms with E-state index in [1.807, 2.05) is 4.90 Å². The number of nitrogens with zero attached hydrogens (tertiary/aromatic N) is 2. The molecule has 150 valence electrons. The van der Waals surface area contributed by atoms with E-state index in [1.54, 1.807) is 0 Å². The van der Waals surface area contributed by atoms with Gasteiger partial charge in [0.1, 0.15) is 0 Å². The lowest BCUT2D eigenvalue weighted by molar-refractivity contribution is -0.131. The lowest BCUT2D eigenvalue weighted by Gasteiger charge is -2.23. The number of carbonyl (C=O) groups is 1. The van der Waals surface area contributed by atoms with Crippen LogP contribution in [0, 0.1) is 5.92 Å². The van der Waals surface area contributed by atoms with E-state index in [1.165, 1.54) is 12.8 Å². The first kappa shape index (κ1) is 24.9. The van der Waals surface area contributed by atoms with Gasteiger partial charge >= 0.3 is 0 Å². The van der Waals surface area contributed by atoms with Crippen LogP contribution < -0.4 is 5.32 Å². The lowest BCUT2D eigenvalue weighted by Crippen LogP contribution is -2.33. The minimum absolute atomic E-state index is 0. The first-order valence-electron chi connectivity index (χ1n) is 9.55. The molecule has 0 aliphatic carbocycles. The van der Waals surface area contributed by atoms with E-state index in [4.69, 9.17) is 4.74 Å². The van der Waals surface area contributed by atoms with Crippen molar-refractivity contribution in [2.24, 2.45) is 5.92 Å². The third kappa shape index (κ3) is 8.91. The van der Waals surface area contributed by atoms with Crippen LogP contribution in [0.2, 0.25) is 0 Å². The highest BCUT2D eigenvalue weighted by atomic mass is 35.5. The number of nitrogens with one attached hydrogen (secondary N) is 1. The van der Waals surface area contributed by atoms with Gasteiger partial charge in [-0.3, -0.25) is 4.79 Å². The number of piperidine rings is 1. The fourth-order valence-corrected chi connectivity index (χ4v) is 3.64. The highest BCUT2D eigenvalue weighted by Crippen LogP contribution is 2.20. The third-order valence-corrected chi connectivity index (χ3v) is 5.38. The van der Waals surface area contributed by atoms with Gasteiger partial charge < -0.3 is 19.9 Å². The Morgan fingerprint density at radius 2 is 1.84 bits per heavy atom. The summed E-state index contributed by atoms with van der Waals surface area (Å²) >= 11 is 0. The Bertz CT molecular complexity index is 351. The normalized spacial score (nSPS) is 21.1. The summed E-state index contributed by atoms with van der Waals surface area (Å²) in [5, 5.41) is 3.38. The summed E-state index contributed by atoms with van der Waals surface area (Å²) in [5.74, 6) is 1.07. The minimum atomic E-state index is 0. The number of ether oxygens (including phenoxy) is 1. The summed E-state index contributed by atoms with van der Waals surface area (Å²) in [4.78, 5) is 16.7. The van der Waals surface area contributed by atoms with Crippen molar-refractivity contribution in [2.45, 2.75) is 52.1 Å². The molecule has 0 aromatic rings. The van der Waals surface area contributed by atoms with E-state index in [-0.39, 0.29) is 30.9 Å². The number of hydrogen-bond donors (Lipinski definition) is 1. The molecule has 7 heteroatoms. The molecule has 0 aromatic heterocycles. The summed E-state index contributed by atoms with van der Waals surface area (Å²) in [6.07, 6.45) is 5.47. The number of rotatable bonds is 9. The van der Waals surface area contributed by atoms with Crippen molar-refractivity contribution in [3.63, 3.8) is 0 Å². The summed E-state index contributed by atoms with van der Waals surface area (Å²) in [6.45, 7) is 12.2. The van der Waals surface area contributed by atoms with Gasteiger partial charge in [0, 0.05) is 26.1 Å². The van der Waals surface area contributed by atoms with E-state index in [0.717, 1.165) is 77.6 Å². The van der Waals surface area contributed by atoms with Gasteiger partial charge in [-0.1, -0.05) is 13.8 Å². The van der Waals surface area contributed by atoms with Gasteiger partial charge in [0.25, 0.3) is 0 Å². The number of carbonyl (C=O) groups excluding carboxylic acids is 1. The molecule has 0 aromatic carbocycles. The Labute approximate surface area is 166 Å². The molecule has 2 saturated heterocycles. The van der Waals surface area contributed by atoms with Crippen LogP contribution in [0.5, 0.6) is 0 Å². The van der Waals surface area contributed by atoms with Gasteiger partial charge in [0.15, 0.2) is 0 Å². The number of halogens is 2. The van der Waals surface area contributed by atoms with Crippen molar-refractivity contribution < 1.29 is 9.53 Å². The number of likely N-dealkylation sites (tertiary alicyclic amines) is 1. The molecule has 1 amide bonds. The monoisotopic (exact) mass is 397 g/mol. The summed E-state index contributed by atoms with van der Waals surface area (Å²) in [7, 11) is 0. The van der Waals surface area contributed by atoms with Crippen LogP contribution in [0.3, 0.4) is 0 Å². The number of likely N-dealkylation sites (N-methyl/N-ethyl adjacent to an activating group) is 1. The average molecular weight is 398 g/mol. The van der Waals surface area contributed by atoms with Crippen molar-refractivity contribution in [3.8, 4) is 0 Å². The van der Waals surface area contributed by atoms with Crippen LogP contribution in [-0.2, 0) is 9.53 Å². The van der Waals surface area contributed by atoms with E-state index >= 15 is 0 Å². The molecular weight excluding hydrogens is 361 g/mol. The largest absolute Gasteiger partial charge is 0.375 e. The van der Waals surface area contributed by atoms with Gasteiger partial charge in [-0.25, -0.2) is 0 Å². The lowest BCUT2D eigenvalue weighted by atomic mass is 9.93. The molecule has 0 radical (unpaired) electrons. The highest BCUT2D eigenvalue weighted by molar-refractivity contribution is 5.85. The zero-order valence-corrected chi connectivity index (χ0v) is 17.5. The second kappa shape index (κ2) is 14.0. The Kier molecular flexibility index (Phi) is 14.0. The molecule has 0 bridgehead atoms. The second-order valence-electron chi connectivity index (χ2n) is 6.88. The Morgan fingerprint density at radius 1 is 1.16 bits per heavy atom. The molecule has 2 aliphatic heterocycles. The predicted molar refractivity (Wildman–Crippen MR) is 108 cm³/mol. The van der Waals surface area contributed by atoms with E-state index in [9.17, 15) is 4.79 Å². The smallest absolute Gasteiger partial charge is 0.222 e. The molecule has 25 heavy (non-hydrogen) atoms.